The van der Waals surface area contributed by atoms with Crippen molar-refractivity contribution in [3.8, 4) is 0 Å². The van der Waals surface area contributed by atoms with Crippen LogP contribution in [0.5, 0.6) is 0 Å². The molecule has 0 aliphatic carbocycles. The quantitative estimate of drug-likeness (QED) is 0.345. The third-order valence-corrected chi connectivity index (χ3v) is 6.61. The van der Waals surface area contributed by atoms with Gasteiger partial charge in [0, 0.05) is 57.2 Å². The Balaban J connectivity index is 0.00000312. The molecule has 2 rings (SSSR count). The zero-order valence-electron chi connectivity index (χ0n) is 16.3. The van der Waals surface area contributed by atoms with Crippen LogP contribution in [0.25, 0.3) is 0 Å². The van der Waals surface area contributed by atoms with Gasteiger partial charge in [-0.25, -0.2) is 0 Å². The van der Waals surface area contributed by atoms with Gasteiger partial charge in [-0.3, -0.25) is 4.99 Å². The molecule has 0 aromatic carbocycles. The van der Waals surface area contributed by atoms with E-state index in [9.17, 15) is 0 Å². The number of thioether (sulfide) groups is 1. The number of piperidine rings is 1. The highest BCUT2D eigenvalue weighted by molar-refractivity contribution is 14.0. The van der Waals surface area contributed by atoms with Crippen molar-refractivity contribution in [3.05, 3.63) is 0 Å². The molecule has 0 atom stereocenters. The SMILES string of the molecule is CN=C(NCC1(SC)CCOCC1)NC1CCN(CC(C)C)CC1.I. The number of nitrogens with one attached hydrogen (secondary N) is 2. The standard InChI is InChI=1S/C18H36N4OS.HI/c1-15(2)13-22-9-5-16(6-10-22)21-17(19-3)20-14-18(24-4)7-11-23-12-8-18;/h15-16H,5-14H2,1-4H3,(H2,19,20,21);1H. The number of halogens is 1. The summed E-state index contributed by atoms with van der Waals surface area (Å²) in [6.07, 6.45) is 6.86. The number of hydrogen-bond acceptors (Lipinski definition) is 4. The summed E-state index contributed by atoms with van der Waals surface area (Å²) in [7, 11) is 1.87. The number of hydrogen-bond donors (Lipinski definition) is 2. The Labute approximate surface area is 175 Å². The second-order valence-electron chi connectivity index (χ2n) is 7.54. The van der Waals surface area contributed by atoms with Crippen molar-refractivity contribution in [2.24, 2.45) is 10.9 Å². The fourth-order valence-corrected chi connectivity index (χ4v) is 4.40. The smallest absolute Gasteiger partial charge is 0.191 e. The van der Waals surface area contributed by atoms with Crippen LogP contribution in [0.1, 0.15) is 39.5 Å². The van der Waals surface area contributed by atoms with Crippen LogP contribution in [0.4, 0.5) is 0 Å². The molecule has 0 amide bonds. The highest BCUT2D eigenvalue weighted by atomic mass is 127. The highest BCUT2D eigenvalue weighted by Crippen LogP contribution is 2.32. The summed E-state index contributed by atoms with van der Waals surface area (Å²) < 4.78 is 5.82. The van der Waals surface area contributed by atoms with Gasteiger partial charge in [0.25, 0.3) is 0 Å². The Morgan fingerprint density at radius 2 is 1.92 bits per heavy atom. The van der Waals surface area contributed by atoms with Crippen LogP contribution in [0.3, 0.4) is 0 Å². The second-order valence-corrected chi connectivity index (χ2v) is 8.81. The minimum atomic E-state index is 0. The highest BCUT2D eigenvalue weighted by Gasteiger charge is 2.32. The summed E-state index contributed by atoms with van der Waals surface area (Å²) in [6.45, 7) is 10.9. The van der Waals surface area contributed by atoms with E-state index in [0.717, 1.165) is 44.5 Å². The van der Waals surface area contributed by atoms with Crippen LogP contribution in [-0.2, 0) is 4.74 Å². The van der Waals surface area contributed by atoms with Crippen molar-refractivity contribution in [2.45, 2.75) is 50.3 Å². The van der Waals surface area contributed by atoms with E-state index in [-0.39, 0.29) is 28.7 Å². The molecular formula is C18H37IN4OS. The molecule has 2 heterocycles. The minimum absolute atomic E-state index is 0. The van der Waals surface area contributed by atoms with Gasteiger partial charge in [0.05, 0.1) is 0 Å². The molecule has 2 fully saturated rings. The monoisotopic (exact) mass is 484 g/mol. The maximum absolute atomic E-state index is 5.53. The van der Waals surface area contributed by atoms with E-state index in [1.54, 1.807) is 0 Å². The molecule has 2 saturated heterocycles. The number of aliphatic imine (C=N–C) groups is 1. The average Bonchev–Trinajstić information content (AvgIpc) is 2.60. The van der Waals surface area contributed by atoms with Crippen molar-refractivity contribution >= 4 is 41.7 Å². The Bertz CT molecular complexity index is 395. The number of likely N-dealkylation sites (tertiary alicyclic amines) is 1. The average molecular weight is 484 g/mol. The summed E-state index contributed by atoms with van der Waals surface area (Å²) in [5, 5.41) is 7.20. The molecule has 148 valence electrons. The third kappa shape index (κ3) is 7.81. The molecular weight excluding hydrogens is 447 g/mol. The van der Waals surface area contributed by atoms with Crippen LogP contribution in [-0.4, -0.2) is 74.3 Å². The molecule has 0 spiro atoms. The van der Waals surface area contributed by atoms with Crippen molar-refractivity contribution < 1.29 is 4.74 Å². The maximum Gasteiger partial charge on any atom is 0.191 e. The number of ether oxygens (including phenoxy) is 1. The van der Waals surface area contributed by atoms with E-state index in [0.29, 0.717) is 6.04 Å². The van der Waals surface area contributed by atoms with Gasteiger partial charge in [-0.1, -0.05) is 13.8 Å². The van der Waals surface area contributed by atoms with Gasteiger partial charge >= 0.3 is 0 Å². The Kier molecular flexibility index (Phi) is 11.1. The molecule has 7 heteroatoms. The van der Waals surface area contributed by atoms with E-state index in [1.165, 1.54) is 32.5 Å². The van der Waals surface area contributed by atoms with Crippen molar-refractivity contribution in [1.29, 1.82) is 0 Å². The van der Waals surface area contributed by atoms with E-state index in [1.807, 2.05) is 18.8 Å². The zero-order chi connectivity index (χ0) is 17.4. The fraction of sp³-hybridized carbons (Fsp3) is 0.944. The summed E-state index contributed by atoms with van der Waals surface area (Å²) in [5.74, 6) is 1.71. The number of nitrogens with zero attached hydrogens (tertiary/aromatic N) is 2. The van der Waals surface area contributed by atoms with Gasteiger partial charge in [-0.15, -0.1) is 24.0 Å². The van der Waals surface area contributed by atoms with Gasteiger partial charge in [0.1, 0.15) is 0 Å². The summed E-state index contributed by atoms with van der Waals surface area (Å²) in [6, 6.07) is 0.541. The van der Waals surface area contributed by atoms with Gasteiger partial charge < -0.3 is 20.3 Å². The van der Waals surface area contributed by atoms with Crippen LogP contribution >= 0.6 is 35.7 Å². The van der Waals surface area contributed by atoms with E-state index < -0.39 is 0 Å². The Morgan fingerprint density at radius 1 is 1.28 bits per heavy atom. The molecule has 0 saturated carbocycles. The molecule has 0 bridgehead atoms. The molecule has 0 aromatic heterocycles. The zero-order valence-corrected chi connectivity index (χ0v) is 19.5. The molecule has 0 radical (unpaired) electrons. The third-order valence-electron chi connectivity index (χ3n) is 5.19. The Morgan fingerprint density at radius 3 is 2.44 bits per heavy atom. The molecule has 2 aliphatic heterocycles. The van der Waals surface area contributed by atoms with Gasteiger partial charge in [0.15, 0.2) is 5.96 Å². The summed E-state index contributed by atoms with van der Waals surface area (Å²) in [5.41, 5.74) is 0. The lowest BCUT2D eigenvalue weighted by Crippen LogP contribution is -2.52. The lowest BCUT2D eigenvalue weighted by Gasteiger charge is -2.37. The summed E-state index contributed by atoms with van der Waals surface area (Å²) >= 11 is 1.97. The Hall–Kier alpha value is 0.270. The maximum atomic E-state index is 5.53. The second kappa shape index (κ2) is 11.9. The molecule has 2 aliphatic rings. The largest absolute Gasteiger partial charge is 0.381 e. The van der Waals surface area contributed by atoms with Crippen molar-refractivity contribution in [3.63, 3.8) is 0 Å². The van der Waals surface area contributed by atoms with E-state index in [4.69, 9.17) is 4.74 Å². The first-order valence-electron chi connectivity index (χ1n) is 9.39. The lowest BCUT2D eigenvalue weighted by atomic mass is 9.99. The van der Waals surface area contributed by atoms with Gasteiger partial charge in [-0.2, -0.15) is 11.8 Å². The number of guanidine groups is 1. The first-order chi connectivity index (χ1) is 11.6. The normalized spacial score (nSPS) is 22.5. The van der Waals surface area contributed by atoms with Gasteiger partial charge in [-0.05, 0) is 37.9 Å². The minimum Gasteiger partial charge on any atom is -0.381 e. The van der Waals surface area contributed by atoms with E-state index in [2.05, 4.69) is 40.6 Å². The topological polar surface area (TPSA) is 48.9 Å². The predicted molar refractivity (Wildman–Crippen MR) is 121 cm³/mol. The van der Waals surface area contributed by atoms with Crippen LogP contribution in [0.2, 0.25) is 0 Å². The lowest BCUT2D eigenvalue weighted by molar-refractivity contribution is 0.0782. The molecule has 25 heavy (non-hydrogen) atoms. The molecule has 0 aromatic rings. The molecule has 2 N–H and O–H groups in total. The van der Waals surface area contributed by atoms with Crippen molar-refractivity contribution in [1.82, 2.24) is 15.5 Å². The van der Waals surface area contributed by atoms with Crippen LogP contribution in [0, 0.1) is 5.92 Å². The predicted octanol–water partition coefficient (Wildman–Crippen LogP) is 2.80. The van der Waals surface area contributed by atoms with Gasteiger partial charge in [0.2, 0.25) is 0 Å². The molecule has 0 unspecified atom stereocenters. The first kappa shape index (κ1) is 23.3. The fourth-order valence-electron chi connectivity index (χ4n) is 3.61. The summed E-state index contributed by atoms with van der Waals surface area (Å²) in [4.78, 5) is 7.03. The number of rotatable bonds is 6. The van der Waals surface area contributed by atoms with Crippen LogP contribution in [0.15, 0.2) is 4.99 Å². The van der Waals surface area contributed by atoms with Crippen LogP contribution < -0.4 is 10.6 Å². The van der Waals surface area contributed by atoms with E-state index >= 15 is 0 Å². The molecule has 5 nitrogen and oxygen atoms in total. The van der Waals surface area contributed by atoms with Crippen molar-refractivity contribution in [2.75, 3.05) is 52.7 Å². The first-order valence-corrected chi connectivity index (χ1v) is 10.6.